The van der Waals surface area contributed by atoms with E-state index in [0.717, 1.165) is 16.6 Å². The summed E-state index contributed by atoms with van der Waals surface area (Å²) in [7, 11) is 1.87. The number of cyclic esters (lactones) is 1. The van der Waals surface area contributed by atoms with Gasteiger partial charge in [-0.15, -0.1) is 0 Å². The minimum absolute atomic E-state index is 0.155. The van der Waals surface area contributed by atoms with Crippen molar-refractivity contribution < 1.29 is 14.6 Å². The van der Waals surface area contributed by atoms with Gasteiger partial charge in [0.15, 0.2) is 0 Å². The van der Waals surface area contributed by atoms with Gasteiger partial charge in [0.1, 0.15) is 6.10 Å². The molecule has 0 radical (unpaired) electrons. The van der Waals surface area contributed by atoms with Crippen LogP contribution in [0.3, 0.4) is 0 Å². The Morgan fingerprint density at radius 3 is 3.11 bits per heavy atom. The predicted octanol–water partition coefficient (Wildman–Crippen LogP) is 0.891. The van der Waals surface area contributed by atoms with Crippen LogP contribution < -0.4 is 4.90 Å². The number of carbonyl (C=O) groups is 1. The lowest BCUT2D eigenvalue weighted by molar-refractivity contribution is 0.0963. The fraction of sp³-hybridized carbons (Fsp3) is 0.333. The van der Waals surface area contributed by atoms with Gasteiger partial charge in [-0.2, -0.15) is 5.10 Å². The Bertz CT molecular complexity index is 608. The van der Waals surface area contributed by atoms with Gasteiger partial charge in [-0.1, -0.05) is 0 Å². The van der Waals surface area contributed by atoms with Crippen molar-refractivity contribution in [2.45, 2.75) is 6.10 Å². The molecule has 1 fully saturated rings. The molecule has 2 aromatic rings. The molecular weight excluding hydrogens is 234 g/mol. The van der Waals surface area contributed by atoms with Crippen LogP contribution in [0.25, 0.3) is 10.9 Å². The van der Waals surface area contributed by atoms with Gasteiger partial charge >= 0.3 is 6.09 Å². The summed E-state index contributed by atoms with van der Waals surface area (Å²) in [6.45, 7) is 0.221. The molecule has 1 aromatic carbocycles. The molecular formula is C12H13N3O3. The van der Waals surface area contributed by atoms with Gasteiger partial charge < -0.3 is 9.84 Å². The smallest absolute Gasteiger partial charge is 0.414 e. The summed E-state index contributed by atoms with van der Waals surface area (Å²) < 4.78 is 6.79. The number of amides is 1. The number of aryl methyl sites for hydroxylation is 1. The third-order valence-corrected chi connectivity index (χ3v) is 3.12. The standard InChI is InChI=1S/C12H13N3O3/c1-14-11-3-2-9(4-8(11)5-13-14)15-6-10(7-16)18-12(15)17/h2-5,10,16H,6-7H2,1H3/t10-/m1/s1. The first-order valence-electron chi connectivity index (χ1n) is 5.70. The highest BCUT2D eigenvalue weighted by molar-refractivity contribution is 5.93. The van der Waals surface area contributed by atoms with E-state index in [1.807, 2.05) is 25.2 Å². The van der Waals surface area contributed by atoms with Crippen LogP contribution in [0.5, 0.6) is 0 Å². The van der Waals surface area contributed by atoms with Crippen LogP contribution in [0.4, 0.5) is 10.5 Å². The van der Waals surface area contributed by atoms with Crippen LogP contribution in [0.15, 0.2) is 24.4 Å². The van der Waals surface area contributed by atoms with Gasteiger partial charge in [0.05, 0.1) is 24.9 Å². The first-order valence-corrected chi connectivity index (χ1v) is 5.70. The lowest BCUT2D eigenvalue weighted by atomic mass is 10.2. The average molecular weight is 247 g/mol. The quantitative estimate of drug-likeness (QED) is 0.855. The van der Waals surface area contributed by atoms with Crippen molar-refractivity contribution in [3.63, 3.8) is 0 Å². The summed E-state index contributed by atoms with van der Waals surface area (Å²) in [4.78, 5) is 13.2. The lowest BCUT2D eigenvalue weighted by Gasteiger charge is -2.12. The number of aromatic nitrogens is 2. The van der Waals surface area contributed by atoms with E-state index in [9.17, 15) is 4.79 Å². The molecule has 2 heterocycles. The molecule has 0 spiro atoms. The van der Waals surface area contributed by atoms with Gasteiger partial charge in [-0.05, 0) is 18.2 Å². The molecule has 0 bridgehead atoms. The molecule has 6 heteroatoms. The van der Waals surface area contributed by atoms with E-state index >= 15 is 0 Å². The fourth-order valence-corrected chi connectivity index (χ4v) is 2.15. The highest BCUT2D eigenvalue weighted by atomic mass is 16.6. The molecule has 18 heavy (non-hydrogen) atoms. The second-order valence-electron chi connectivity index (χ2n) is 4.31. The molecule has 1 aromatic heterocycles. The van der Waals surface area contributed by atoms with E-state index in [4.69, 9.17) is 9.84 Å². The zero-order valence-corrected chi connectivity index (χ0v) is 9.91. The molecule has 1 atom stereocenters. The van der Waals surface area contributed by atoms with Crippen molar-refractivity contribution in [2.24, 2.45) is 7.05 Å². The Labute approximate surface area is 103 Å². The topological polar surface area (TPSA) is 67.6 Å². The number of nitrogens with zero attached hydrogens (tertiary/aromatic N) is 3. The molecule has 0 unspecified atom stereocenters. The van der Waals surface area contributed by atoms with Crippen molar-refractivity contribution in [1.29, 1.82) is 0 Å². The zero-order chi connectivity index (χ0) is 12.7. The Hall–Kier alpha value is -2.08. The van der Waals surface area contributed by atoms with Crippen molar-refractivity contribution in [1.82, 2.24) is 9.78 Å². The fourth-order valence-electron chi connectivity index (χ4n) is 2.15. The van der Waals surface area contributed by atoms with Crippen LogP contribution in [-0.4, -0.2) is 40.2 Å². The van der Waals surface area contributed by atoms with Crippen molar-refractivity contribution in [3.8, 4) is 0 Å². The van der Waals surface area contributed by atoms with Gasteiger partial charge in [-0.3, -0.25) is 9.58 Å². The van der Waals surface area contributed by atoms with Gasteiger partial charge in [-0.25, -0.2) is 4.79 Å². The number of hydrogen-bond acceptors (Lipinski definition) is 4. The number of carbonyl (C=O) groups excluding carboxylic acids is 1. The van der Waals surface area contributed by atoms with Crippen molar-refractivity contribution in [2.75, 3.05) is 18.1 Å². The average Bonchev–Trinajstić information content (AvgIpc) is 2.93. The zero-order valence-electron chi connectivity index (χ0n) is 9.91. The Morgan fingerprint density at radius 2 is 2.39 bits per heavy atom. The SMILES string of the molecule is Cn1ncc2cc(N3C[C@H](CO)OC3=O)ccc21. The maximum absolute atomic E-state index is 11.7. The van der Waals surface area contributed by atoms with Gasteiger partial charge in [0.25, 0.3) is 0 Å². The molecule has 6 nitrogen and oxygen atoms in total. The predicted molar refractivity (Wildman–Crippen MR) is 65.4 cm³/mol. The van der Waals surface area contributed by atoms with Crippen LogP contribution in [0.1, 0.15) is 0 Å². The summed E-state index contributed by atoms with van der Waals surface area (Å²) in [5, 5.41) is 14.1. The van der Waals surface area contributed by atoms with E-state index < -0.39 is 12.2 Å². The monoisotopic (exact) mass is 247 g/mol. The molecule has 0 saturated carbocycles. The summed E-state index contributed by atoms with van der Waals surface area (Å²) in [6.07, 6.45) is 0.892. The summed E-state index contributed by atoms with van der Waals surface area (Å²) in [5.41, 5.74) is 1.77. The highest BCUT2D eigenvalue weighted by Gasteiger charge is 2.31. The number of aliphatic hydroxyl groups excluding tert-OH is 1. The van der Waals surface area contributed by atoms with Crippen molar-refractivity contribution in [3.05, 3.63) is 24.4 Å². The molecule has 1 saturated heterocycles. The first-order chi connectivity index (χ1) is 8.69. The second-order valence-corrected chi connectivity index (χ2v) is 4.31. The van der Waals surface area contributed by atoms with E-state index in [1.165, 1.54) is 4.90 Å². The Morgan fingerprint density at radius 1 is 1.56 bits per heavy atom. The number of benzene rings is 1. The van der Waals surface area contributed by atoms with E-state index in [-0.39, 0.29) is 6.61 Å². The van der Waals surface area contributed by atoms with E-state index in [2.05, 4.69) is 5.10 Å². The molecule has 94 valence electrons. The number of rotatable bonds is 2. The normalized spacial score (nSPS) is 19.6. The Kier molecular flexibility index (Phi) is 2.45. The minimum Gasteiger partial charge on any atom is -0.441 e. The first kappa shape index (κ1) is 11.0. The second kappa shape index (κ2) is 3.99. The Balaban J connectivity index is 1.97. The summed E-state index contributed by atoms with van der Waals surface area (Å²) in [5.74, 6) is 0. The number of hydrogen-bond donors (Lipinski definition) is 1. The lowest BCUT2D eigenvalue weighted by Crippen LogP contribution is -2.25. The van der Waals surface area contributed by atoms with Crippen LogP contribution in [0, 0.1) is 0 Å². The van der Waals surface area contributed by atoms with Gasteiger partial charge in [0, 0.05) is 18.1 Å². The molecule has 0 aliphatic carbocycles. The summed E-state index contributed by atoms with van der Waals surface area (Å²) in [6, 6.07) is 5.66. The maximum atomic E-state index is 11.7. The molecule has 1 N–H and O–H groups in total. The number of ether oxygens (including phenoxy) is 1. The largest absolute Gasteiger partial charge is 0.441 e. The third-order valence-electron chi connectivity index (χ3n) is 3.12. The number of fused-ring (bicyclic) bond motifs is 1. The third kappa shape index (κ3) is 1.62. The van der Waals surface area contributed by atoms with E-state index in [1.54, 1.807) is 10.9 Å². The van der Waals surface area contributed by atoms with Crippen molar-refractivity contribution >= 4 is 22.7 Å². The molecule has 1 aliphatic rings. The molecule has 1 amide bonds. The number of aliphatic hydroxyl groups is 1. The minimum atomic E-state index is -0.443. The van der Waals surface area contributed by atoms with E-state index in [0.29, 0.717) is 6.54 Å². The van der Waals surface area contributed by atoms with Crippen LogP contribution in [-0.2, 0) is 11.8 Å². The molecule has 1 aliphatic heterocycles. The van der Waals surface area contributed by atoms with Crippen LogP contribution >= 0.6 is 0 Å². The number of anilines is 1. The maximum Gasteiger partial charge on any atom is 0.414 e. The van der Waals surface area contributed by atoms with Gasteiger partial charge in [0.2, 0.25) is 0 Å². The van der Waals surface area contributed by atoms with Crippen LogP contribution in [0.2, 0.25) is 0 Å². The highest BCUT2D eigenvalue weighted by Crippen LogP contribution is 2.25. The molecule has 3 rings (SSSR count). The summed E-state index contributed by atoms with van der Waals surface area (Å²) >= 11 is 0.